The van der Waals surface area contributed by atoms with Crippen LogP contribution in [0.3, 0.4) is 0 Å². The average molecular weight is 289 g/mol. The number of fused-ring (bicyclic) bond motifs is 1. The Labute approximate surface area is 125 Å². The van der Waals surface area contributed by atoms with E-state index in [0.29, 0.717) is 6.04 Å². The largest absolute Gasteiger partial charge is 0.310 e. The fourth-order valence-electron chi connectivity index (χ4n) is 2.90. The molecule has 2 aromatic rings. The third-order valence-corrected chi connectivity index (χ3v) is 4.82. The smallest absolute Gasteiger partial charge is 0.160 e. The Morgan fingerprint density at radius 2 is 2.05 bits per heavy atom. The van der Waals surface area contributed by atoms with Crippen molar-refractivity contribution in [3.05, 3.63) is 24.2 Å². The van der Waals surface area contributed by atoms with Crippen LogP contribution in [0, 0.1) is 5.41 Å². The highest BCUT2D eigenvalue weighted by molar-refractivity contribution is 7.99. The summed E-state index contributed by atoms with van der Waals surface area (Å²) < 4.78 is 2.43. The van der Waals surface area contributed by atoms with Crippen LogP contribution in [0.4, 0.5) is 0 Å². The number of hydrogen-bond donors (Lipinski definition) is 0. The zero-order chi connectivity index (χ0) is 14.2. The van der Waals surface area contributed by atoms with Crippen molar-refractivity contribution < 1.29 is 0 Å². The summed E-state index contributed by atoms with van der Waals surface area (Å²) >= 11 is 2.07. The van der Waals surface area contributed by atoms with Gasteiger partial charge in [-0.3, -0.25) is 0 Å². The third kappa shape index (κ3) is 2.85. The van der Waals surface area contributed by atoms with Gasteiger partial charge >= 0.3 is 0 Å². The van der Waals surface area contributed by atoms with Gasteiger partial charge in [0, 0.05) is 18.7 Å². The number of thioether (sulfide) groups is 1. The molecule has 0 amide bonds. The first kappa shape index (κ1) is 13.9. The highest BCUT2D eigenvalue weighted by Gasteiger charge is 2.24. The molecule has 0 bridgehead atoms. The molecule has 0 atom stereocenters. The average Bonchev–Trinajstić information content (AvgIpc) is 2.75. The fourth-order valence-corrected chi connectivity index (χ4v) is 3.98. The van der Waals surface area contributed by atoms with Crippen LogP contribution in [0.2, 0.25) is 0 Å². The standard InChI is InChI=1S/C16H23N3S/c1-16(2,3)11-14-18-13-5-4-8-17-15(13)19(14)12-6-9-20-10-7-12/h4-5,8,12H,6-7,9-11H2,1-3H3. The van der Waals surface area contributed by atoms with Gasteiger partial charge in [-0.25, -0.2) is 9.97 Å². The number of rotatable bonds is 2. The van der Waals surface area contributed by atoms with Gasteiger partial charge in [0.05, 0.1) is 0 Å². The Kier molecular flexibility index (Phi) is 3.76. The number of imidazole rings is 1. The molecule has 0 N–H and O–H groups in total. The number of aromatic nitrogens is 3. The van der Waals surface area contributed by atoms with Crippen LogP contribution in [0.15, 0.2) is 18.3 Å². The molecule has 108 valence electrons. The maximum atomic E-state index is 4.87. The van der Waals surface area contributed by atoms with E-state index in [1.807, 2.05) is 12.3 Å². The lowest BCUT2D eigenvalue weighted by Gasteiger charge is -2.26. The van der Waals surface area contributed by atoms with E-state index in [1.54, 1.807) is 0 Å². The maximum absolute atomic E-state index is 4.87. The Balaban J connectivity index is 2.07. The van der Waals surface area contributed by atoms with Crippen LogP contribution in [0.25, 0.3) is 11.2 Å². The first-order chi connectivity index (χ1) is 9.54. The molecule has 0 unspecified atom stereocenters. The molecule has 0 spiro atoms. The molecular formula is C16H23N3S. The van der Waals surface area contributed by atoms with Gasteiger partial charge in [-0.15, -0.1) is 0 Å². The first-order valence-corrected chi connectivity index (χ1v) is 8.60. The molecule has 3 rings (SSSR count). The number of pyridine rings is 1. The van der Waals surface area contributed by atoms with Gasteiger partial charge in [-0.2, -0.15) is 11.8 Å². The zero-order valence-electron chi connectivity index (χ0n) is 12.6. The molecule has 20 heavy (non-hydrogen) atoms. The molecule has 0 aliphatic carbocycles. The van der Waals surface area contributed by atoms with E-state index in [2.05, 4.69) is 48.2 Å². The van der Waals surface area contributed by atoms with Gasteiger partial charge in [0.15, 0.2) is 5.65 Å². The molecule has 3 heterocycles. The summed E-state index contributed by atoms with van der Waals surface area (Å²) in [6, 6.07) is 4.65. The second-order valence-corrected chi connectivity index (χ2v) is 8.05. The summed E-state index contributed by atoms with van der Waals surface area (Å²) in [6.45, 7) is 6.84. The van der Waals surface area contributed by atoms with E-state index in [4.69, 9.17) is 4.98 Å². The monoisotopic (exact) mass is 289 g/mol. The van der Waals surface area contributed by atoms with Crippen LogP contribution < -0.4 is 0 Å². The van der Waals surface area contributed by atoms with Crippen LogP contribution in [0.5, 0.6) is 0 Å². The van der Waals surface area contributed by atoms with Gasteiger partial charge in [-0.05, 0) is 41.9 Å². The van der Waals surface area contributed by atoms with Gasteiger partial charge in [0.1, 0.15) is 11.3 Å². The summed E-state index contributed by atoms with van der Waals surface area (Å²) in [7, 11) is 0. The minimum Gasteiger partial charge on any atom is -0.310 e. The van der Waals surface area contributed by atoms with Crippen molar-refractivity contribution >= 4 is 22.9 Å². The van der Waals surface area contributed by atoms with Crippen LogP contribution in [0.1, 0.15) is 45.5 Å². The summed E-state index contributed by atoms with van der Waals surface area (Å²) in [4.78, 5) is 9.47. The van der Waals surface area contributed by atoms with Gasteiger partial charge < -0.3 is 4.57 Å². The Bertz CT molecular complexity index is 591. The van der Waals surface area contributed by atoms with E-state index in [-0.39, 0.29) is 5.41 Å². The zero-order valence-corrected chi connectivity index (χ0v) is 13.4. The second-order valence-electron chi connectivity index (χ2n) is 6.83. The minimum absolute atomic E-state index is 0.253. The molecule has 0 saturated carbocycles. The van der Waals surface area contributed by atoms with E-state index >= 15 is 0 Å². The van der Waals surface area contributed by atoms with Crippen LogP contribution >= 0.6 is 11.8 Å². The van der Waals surface area contributed by atoms with Crippen LogP contribution in [-0.2, 0) is 6.42 Å². The van der Waals surface area contributed by atoms with Crippen LogP contribution in [-0.4, -0.2) is 26.0 Å². The molecule has 3 nitrogen and oxygen atoms in total. The number of hydrogen-bond acceptors (Lipinski definition) is 3. The summed E-state index contributed by atoms with van der Waals surface area (Å²) in [6.07, 6.45) is 5.37. The molecule has 2 aromatic heterocycles. The van der Waals surface area contributed by atoms with Gasteiger partial charge in [0.25, 0.3) is 0 Å². The lowest BCUT2D eigenvalue weighted by atomic mass is 9.92. The van der Waals surface area contributed by atoms with E-state index < -0.39 is 0 Å². The topological polar surface area (TPSA) is 30.7 Å². The summed E-state index contributed by atoms with van der Waals surface area (Å²) in [5.74, 6) is 3.72. The Morgan fingerprint density at radius 1 is 1.30 bits per heavy atom. The first-order valence-electron chi connectivity index (χ1n) is 7.44. The van der Waals surface area contributed by atoms with E-state index in [9.17, 15) is 0 Å². The molecule has 4 heteroatoms. The molecule has 0 radical (unpaired) electrons. The molecule has 1 saturated heterocycles. The highest BCUT2D eigenvalue weighted by atomic mass is 32.2. The lowest BCUT2D eigenvalue weighted by molar-refractivity contribution is 0.375. The second kappa shape index (κ2) is 5.40. The van der Waals surface area contributed by atoms with Gasteiger partial charge in [0.2, 0.25) is 0 Å². The molecule has 1 fully saturated rings. The van der Waals surface area contributed by atoms with Crippen molar-refractivity contribution in [2.24, 2.45) is 5.41 Å². The van der Waals surface area contributed by atoms with E-state index in [0.717, 1.165) is 17.6 Å². The van der Waals surface area contributed by atoms with Crippen molar-refractivity contribution in [3.63, 3.8) is 0 Å². The predicted molar refractivity (Wildman–Crippen MR) is 86.3 cm³/mol. The SMILES string of the molecule is CC(C)(C)Cc1nc2cccnc2n1C1CCSCC1. The Hall–Kier alpha value is -1.03. The van der Waals surface area contributed by atoms with Crippen molar-refractivity contribution in [3.8, 4) is 0 Å². The Morgan fingerprint density at radius 3 is 2.75 bits per heavy atom. The fraction of sp³-hybridized carbons (Fsp3) is 0.625. The normalized spacial score (nSPS) is 17.8. The lowest BCUT2D eigenvalue weighted by Crippen LogP contribution is -2.21. The van der Waals surface area contributed by atoms with Crippen molar-refractivity contribution in [1.29, 1.82) is 0 Å². The van der Waals surface area contributed by atoms with Crippen molar-refractivity contribution in [1.82, 2.24) is 14.5 Å². The van der Waals surface area contributed by atoms with Crippen molar-refractivity contribution in [2.45, 2.75) is 46.1 Å². The molecule has 1 aliphatic rings. The van der Waals surface area contributed by atoms with Gasteiger partial charge in [-0.1, -0.05) is 20.8 Å². The van der Waals surface area contributed by atoms with Crippen molar-refractivity contribution in [2.75, 3.05) is 11.5 Å². The quantitative estimate of drug-likeness (QED) is 0.834. The summed E-state index contributed by atoms with van der Waals surface area (Å²) in [5.41, 5.74) is 2.37. The number of nitrogens with zero attached hydrogens (tertiary/aromatic N) is 3. The summed E-state index contributed by atoms with van der Waals surface area (Å²) in [5, 5.41) is 0. The molecule has 1 aliphatic heterocycles. The minimum atomic E-state index is 0.253. The third-order valence-electron chi connectivity index (χ3n) is 3.77. The highest BCUT2D eigenvalue weighted by Crippen LogP contribution is 2.32. The molecular weight excluding hydrogens is 266 g/mol. The van der Waals surface area contributed by atoms with E-state index in [1.165, 1.54) is 30.2 Å². The predicted octanol–water partition coefficient (Wildman–Crippen LogP) is 4.09. The maximum Gasteiger partial charge on any atom is 0.160 e. The molecule has 0 aromatic carbocycles.